The second kappa shape index (κ2) is 5.44. The van der Waals surface area contributed by atoms with Gasteiger partial charge in [-0.3, -0.25) is 4.79 Å². The van der Waals surface area contributed by atoms with Crippen LogP contribution in [0.2, 0.25) is 0 Å². The Morgan fingerprint density at radius 3 is 2.86 bits per heavy atom. The van der Waals surface area contributed by atoms with E-state index in [4.69, 9.17) is 10.2 Å². The molecule has 22 heavy (non-hydrogen) atoms. The normalized spacial score (nSPS) is 10.8. The minimum absolute atomic E-state index is 0.142. The molecule has 0 bridgehead atoms. The van der Waals surface area contributed by atoms with Crippen molar-refractivity contribution in [3.8, 4) is 0 Å². The van der Waals surface area contributed by atoms with Gasteiger partial charge in [0.2, 0.25) is 11.8 Å². The summed E-state index contributed by atoms with van der Waals surface area (Å²) in [6.07, 6.45) is 1.41. The number of para-hydroxylation sites is 1. The van der Waals surface area contributed by atoms with Crippen molar-refractivity contribution < 1.29 is 9.21 Å². The number of carbonyl (C=O) groups excluding carboxylic acids is 1. The number of aryl methyl sites for hydroxylation is 2. The number of nitrogens with two attached hydrogens (primary N) is 1. The SMILES string of the molecule is Cc1nc(N)ncc1C(=O)NCc1nc2c(C)cccc2o1. The van der Waals surface area contributed by atoms with Gasteiger partial charge < -0.3 is 15.5 Å². The van der Waals surface area contributed by atoms with Crippen molar-refractivity contribution in [1.29, 1.82) is 0 Å². The van der Waals surface area contributed by atoms with Crippen LogP contribution in [0.3, 0.4) is 0 Å². The molecule has 0 unspecified atom stereocenters. The Kier molecular flexibility index (Phi) is 3.46. The van der Waals surface area contributed by atoms with Crippen LogP contribution in [-0.4, -0.2) is 20.9 Å². The fourth-order valence-corrected chi connectivity index (χ4v) is 2.17. The number of nitrogens with zero attached hydrogens (tertiary/aromatic N) is 3. The minimum Gasteiger partial charge on any atom is -0.439 e. The summed E-state index contributed by atoms with van der Waals surface area (Å²) in [4.78, 5) is 24.3. The second-order valence-electron chi connectivity index (χ2n) is 4.94. The molecule has 3 aromatic rings. The highest BCUT2D eigenvalue weighted by atomic mass is 16.3. The summed E-state index contributed by atoms with van der Waals surface area (Å²) in [5.74, 6) is 0.298. The maximum atomic E-state index is 12.1. The summed E-state index contributed by atoms with van der Waals surface area (Å²) < 4.78 is 5.61. The van der Waals surface area contributed by atoms with E-state index in [9.17, 15) is 4.79 Å². The van der Waals surface area contributed by atoms with E-state index >= 15 is 0 Å². The van der Waals surface area contributed by atoms with E-state index in [1.807, 2.05) is 25.1 Å². The van der Waals surface area contributed by atoms with Crippen molar-refractivity contribution in [2.75, 3.05) is 5.73 Å². The van der Waals surface area contributed by atoms with Gasteiger partial charge >= 0.3 is 0 Å². The van der Waals surface area contributed by atoms with Crippen LogP contribution in [0.4, 0.5) is 5.95 Å². The Hall–Kier alpha value is -2.96. The fraction of sp³-hybridized carbons (Fsp3) is 0.200. The lowest BCUT2D eigenvalue weighted by molar-refractivity contribution is 0.0946. The number of nitrogens with one attached hydrogen (secondary N) is 1. The van der Waals surface area contributed by atoms with Crippen LogP contribution in [0.5, 0.6) is 0 Å². The summed E-state index contributed by atoms with van der Waals surface area (Å²) in [7, 11) is 0. The first kappa shape index (κ1) is 14.0. The van der Waals surface area contributed by atoms with E-state index in [1.54, 1.807) is 6.92 Å². The molecule has 0 saturated carbocycles. The molecule has 2 aromatic heterocycles. The van der Waals surface area contributed by atoms with Crippen molar-refractivity contribution in [2.24, 2.45) is 0 Å². The molecular formula is C15H15N5O2. The molecule has 0 radical (unpaired) electrons. The van der Waals surface area contributed by atoms with Gasteiger partial charge in [-0.05, 0) is 25.5 Å². The van der Waals surface area contributed by atoms with Gasteiger partial charge in [0.15, 0.2) is 5.58 Å². The molecule has 0 fully saturated rings. The number of fused-ring (bicyclic) bond motifs is 1. The average Bonchev–Trinajstić information content (AvgIpc) is 2.89. The number of benzene rings is 1. The third-order valence-electron chi connectivity index (χ3n) is 3.31. The monoisotopic (exact) mass is 297 g/mol. The van der Waals surface area contributed by atoms with E-state index in [0.29, 0.717) is 22.7 Å². The Bertz CT molecular complexity index is 856. The number of anilines is 1. The molecule has 7 heteroatoms. The van der Waals surface area contributed by atoms with Crippen molar-refractivity contribution in [3.63, 3.8) is 0 Å². The predicted octanol–water partition coefficient (Wildman–Crippen LogP) is 1.75. The molecular weight excluding hydrogens is 282 g/mol. The Morgan fingerprint density at radius 1 is 1.32 bits per heavy atom. The quantitative estimate of drug-likeness (QED) is 0.762. The predicted molar refractivity (Wildman–Crippen MR) is 81.1 cm³/mol. The zero-order valence-corrected chi connectivity index (χ0v) is 12.3. The second-order valence-corrected chi connectivity index (χ2v) is 4.94. The highest BCUT2D eigenvalue weighted by Crippen LogP contribution is 2.18. The zero-order valence-electron chi connectivity index (χ0n) is 12.3. The molecule has 2 heterocycles. The highest BCUT2D eigenvalue weighted by molar-refractivity contribution is 5.94. The first-order valence-corrected chi connectivity index (χ1v) is 6.77. The summed E-state index contributed by atoms with van der Waals surface area (Å²) in [5, 5.41) is 2.74. The number of hydrogen-bond donors (Lipinski definition) is 2. The lowest BCUT2D eigenvalue weighted by Gasteiger charge is -2.05. The molecule has 3 N–H and O–H groups in total. The molecule has 0 aliphatic heterocycles. The minimum atomic E-state index is -0.295. The Balaban J connectivity index is 1.76. The van der Waals surface area contributed by atoms with Gasteiger partial charge in [0.1, 0.15) is 5.52 Å². The molecule has 7 nitrogen and oxygen atoms in total. The molecule has 3 rings (SSSR count). The largest absolute Gasteiger partial charge is 0.439 e. The van der Waals surface area contributed by atoms with E-state index < -0.39 is 0 Å². The number of oxazole rings is 1. The van der Waals surface area contributed by atoms with Crippen LogP contribution in [0.15, 0.2) is 28.8 Å². The van der Waals surface area contributed by atoms with Crippen LogP contribution in [-0.2, 0) is 6.54 Å². The standard InChI is InChI=1S/C15H15N5O2/c1-8-4-3-5-11-13(8)20-12(22-11)7-17-14(21)10-6-18-15(16)19-9(10)2/h3-6H,7H2,1-2H3,(H,17,21)(H2,16,18,19). The van der Waals surface area contributed by atoms with Gasteiger partial charge in [0.25, 0.3) is 5.91 Å². The van der Waals surface area contributed by atoms with Gasteiger partial charge in [-0.1, -0.05) is 12.1 Å². The molecule has 0 spiro atoms. The van der Waals surface area contributed by atoms with Crippen molar-refractivity contribution in [2.45, 2.75) is 20.4 Å². The molecule has 0 saturated heterocycles. The molecule has 0 aliphatic rings. The molecule has 0 aliphatic carbocycles. The Labute approximate surface area is 126 Å². The van der Waals surface area contributed by atoms with Crippen LogP contribution in [0.1, 0.15) is 27.5 Å². The van der Waals surface area contributed by atoms with Gasteiger partial charge in [-0.15, -0.1) is 0 Å². The number of nitrogen functional groups attached to an aromatic ring is 1. The van der Waals surface area contributed by atoms with Crippen molar-refractivity contribution >= 4 is 23.0 Å². The lowest BCUT2D eigenvalue weighted by Crippen LogP contribution is -2.24. The van der Waals surface area contributed by atoms with E-state index in [1.165, 1.54) is 6.20 Å². The van der Waals surface area contributed by atoms with Gasteiger partial charge in [0, 0.05) is 6.20 Å². The van der Waals surface area contributed by atoms with E-state index in [2.05, 4.69) is 20.3 Å². The third-order valence-corrected chi connectivity index (χ3v) is 3.31. The first-order chi connectivity index (χ1) is 10.5. The number of rotatable bonds is 3. The van der Waals surface area contributed by atoms with Crippen LogP contribution in [0, 0.1) is 13.8 Å². The summed E-state index contributed by atoms with van der Waals surface area (Å²) >= 11 is 0. The number of carbonyl (C=O) groups is 1. The molecule has 0 atom stereocenters. The summed E-state index contributed by atoms with van der Waals surface area (Å²) in [6.45, 7) is 3.86. The molecule has 112 valence electrons. The van der Waals surface area contributed by atoms with E-state index in [-0.39, 0.29) is 18.4 Å². The smallest absolute Gasteiger partial charge is 0.255 e. The number of hydrogen-bond acceptors (Lipinski definition) is 6. The van der Waals surface area contributed by atoms with Crippen LogP contribution < -0.4 is 11.1 Å². The van der Waals surface area contributed by atoms with Crippen molar-refractivity contribution in [3.05, 3.63) is 47.1 Å². The Morgan fingerprint density at radius 2 is 2.14 bits per heavy atom. The lowest BCUT2D eigenvalue weighted by atomic mass is 10.2. The van der Waals surface area contributed by atoms with Gasteiger partial charge in [-0.25, -0.2) is 15.0 Å². The number of aromatic nitrogens is 3. The van der Waals surface area contributed by atoms with Gasteiger partial charge in [-0.2, -0.15) is 0 Å². The maximum absolute atomic E-state index is 12.1. The zero-order chi connectivity index (χ0) is 15.7. The van der Waals surface area contributed by atoms with Crippen LogP contribution in [0.25, 0.3) is 11.1 Å². The highest BCUT2D eigenvalue weighted by Gasteiger charge is 2.13. The van der Waals surface area contributed by atoms with E-state index in [0.717, 1.165) is 11.1 Å². The average molecular weight is 297 g/mol. The van der Waals surface area contributed by atoms with Crippen LogP contribution >= 0.6 is 0 Å². The number of amides is 1. The van der Waals surface area contributed by atoms with Crippen molar-refractivity contribution in [1.82, 2.24) is 20.3 Å². The first-order valence-electron chi connectivity index (χ1n) is 6.77. The molecule has 1 amide bonds. The summed E-state index contributed by atoms with van der Waals surface area (Å²) in [5.41, 5.74) is 8.91. The molecule has 1 aromatic carbocycles. The summed E-state index contributed by atoms with van der Waals surface area (Å²) in [6, 6.07) is 5.71. The topological polar surface area (TPSA) is 107 Å². The fourth-order valence-electron chi connectivity index (χ4n) is 2.17. The third kappa shape index (κ3) is 2.60. The maximum Gasteiger partial charge on any atom is 0.255 e. The van der Waals surface area contributed by atoms with Gasteiger partial charge in [0.05, 0.1) is 17.8 Å².